The second-order valence-corrected chi connectivity index (χ2v) is 6.08. The van der Waals surface area contributed by atoms with Gasteiger partial charge in [0.05, 0.1) is 0 Å². The zero-order valence-electron chi connectivity index (χ0n) is 15.9. The Morgan fingerprint density at radius 1 is 0.481 bits per heavy atom. The molecule has 4 aromatic rings. The highest BCUT2D eigenvalue weighted by Crippen LogP contribution is 2.38. The van der Waals surface area contributed by atoms with Crippen molar-refractivity contribution in [2.24, 2.45) is 0 Å². The number of rotatable bonds is 3. The monoisotopic (exact) mass is 353 g/mol. The standard InChI is InChI=1S/C24H19N.C2H6.H2/c25-24-22(19-12-6-2-7-13-19)16-21(18-10-4-1-5-11-18)17-23(24)20-14-8-3-9-15-20;1-2;/h1-17H,25H2;1-2H3;1H. The molecule has 27 heavy (non-hydrogen) atoms. The fourth-order valence-electron chi connectivity index (χ4n) is 3.16. The Bertz CT molecular complexity index is 920. The maximum absolute atomic E-state index is 6.59. The van der Waals surface area contributed by atoms with Crippen LogP contribution < -0.4 is 5.73 Å². The minimum absolute atomic E-state index is 0. The topological polar surface area (TPSA) is 26.0 Å². The Kier molecular flexibility index (Phi) is 6.06. The van der Waals surface area contributed by atoms with E-state index in [1.807, 2.05) is 56.3 Å². The predicted molar refractivity (Wildman–Crippen MR) is 121 cm³/mol. The van der Waals surface area contributed by atoms with Crippen LogP contribution in [0.1, 0.15) is 15.3 Å². The molecule has 136 valence electrons. The van der Waals surface area contributed by atoms with Crippen molar-refractivity contribution >= 4 is 5.69 Å². The predicted octanol–water partition coefficient (Wildman–Crippen LogP) is 7.54. The summed E-state index contributed by atoms with van der Waals surface area (Å²) in [6, 6.07) is 35.5. The van der Waals surface area contributed by atoms with Crippen molar-refractivity contribution in [3.63, 3.8) is 0 Å². The van der Waals surface area contributed by atoms with Gasteiger partial charge in [0.1, 0.15) is 0 Å². The Balaban J connectivity index is 0.000000906. The lowest BCUT2D eigenvalue weighted by Gasteiger charge is -2.15. The first-order chi connectivity index (χ1) is 13.3. The van der Waals surface area contributed by atoms with E-state index in [9.17, 15) is 0 Å². The van der Waals surface area contributed by atoms with E-state index >= 15 is 0 Å². The normalized spacial score (nSPS) is 10.0. The summed E-state index contributed by atoms with van der Waals surface area (Å²) in [5, 5.41) is 0. The van der Waals surface area contributed by atoms with Gasteiger partial charge in [-0.3, -0.25) is 0 Å². The molecule has 0 atom stereocenters. The van der Waals surface area contributed by atoms with Crippen LogP contribution in [-0.4, -0.2) is 0 Å². The van der Waals surface area contributed by atoms with E-state index in [4.69, 9.17) is 5.73 Å². The molecule has 4 rings (SSSR count). The summed E-state index contributed by atoms with van der Waals surface area (Å²) in [4.78, 5) is 0. The van der Waals surface area contributed by atoms with Gasteiger partial charge in [0, 0.05) is 18.2 Å². The van der Waals surface area contributed by atoms with Crippen molar-refractivity contribution < 1.29 is 1.43 Å². The van der Waals surface area contributed by atoms with E-state index in [-0.39, 0.29) is 1.43 Å². The van der Waals surface area contributed by atoms with Gasteiger partial charge in [-0.25, -0.2) is 0 Å². The van der Waals surface area contributed by atoms with Crippen molar-refractivity contribution in [1.82, 2.24) is 0 Å². The van der Waals surface area contributed by atoms with Gasteiger partial charge in [-0.05, 0) is 34.4 Å². The van der Waals surface area contributed by atoms with Crippen LogP contribution in [0.4, 0.5) is 5.69 Å². The lowest BCUT2D eigenvalue weighted by Crippen LogP contribution is -1.96. The SMILES string of the molecule is CC.Nc1c(-c2ccccc2)cc(-c2ccccc2)cc1-c1ccccc1.[HH]. The molecule has 0 aromatic heterocycles. The summed E-state index contributed by atoms with van der Waals surface area (Å²) in [6.45, 7) is 4.00. The first-order valence-electron chi connectivity index (χ1n) is 9.43. The van der Waals surface area contributed by atoms with E-state index in [2.05, 4.69) is 60.7 Å². The molecule has 0 saturated carbocycles. The highest BCUT2D eigenvalue weighted by atomic mass is 14.6. The van der Waals surface area contributed by atoms with E-state index < -0.39 is 0 Å². The lowest BCUT2D eigenvalue weighted by molar-refractivity contribution is 1.50. The molecule has 0 aliphatic heterocycles. The van der Waals surface area contributed by atoms with Crippen molar-refractivity contribution in [3.8, 4) is 33.4 Å². The minimum atomic E-state index is 0. The minimum Gasteiger partial charge on any atom is -0.398 e. The summed E-state index contributed by atoms with van der Waals surface area (Å²) in [6.07, 6.45) is 0. The van der Waals surface area contributed by atoms with Gasteiger partial charge in [-0.1, -0.05) is 105 Å². The second kappa shape index (κ2) is 8.86. The molecule has 0 unspecified atom stereocenters. The summed E-state index contributed by atoms with van der Waals surface area (Å²) >= 11 is 0. The summed E-state index contributed by atoms with van der Waals surface area (Å²) in [5.41, 5.74) is 14.2. The molecule has 0 heterocycles. The van der Waals surface area contributed by atoms with E-state index in [1.165, 1.54) is 11.1 Å². The van der Waals surface area contributed by atoms with Crippen LogP contribution in [-0.2, 0) is 0 Å². The van der Waals surface area contributed by atoms with Crippen LogP contribution >= 0.6 is 0 Å². The fraction of sp³-hybridized carbons (Fsp3) is 0.0769. The Hall–Kier alpha value is -3.32. The molecule has 2 N–H and O–H groups in total. The van der Waals surface area contributed by atoms with Gasteiger partial charge in [-0.15, -0.1) is 0 Å². The average Bonchev–Trinajstić information content (AvgIpc) is 2.77. The lowest BCUT2D eigenvalue weighted by atomic mass is 9.91. The first kappa shape index (κ1) is 18.5. The Morgan fingerprint density at radius 3 is 1.19 bits per heavy atom. The van der Waals surface area contributed by atoms with Crippen molar-refractivity contribution in [2.45, 2.75) is 13.8 Å². The molecular weight excluding hydrogens is 326 g/mol. The van der Waals surface area contributed by atoms with Crippen LogP contribution in [0.5, 0.6) is 0 Å². The summed E-state index contributed by atoms with van der Waals surface area (Å²) in [7, 11) is 0. The van der Waals surface area contributed by atoms with Crippen LogP contribution in [0, 0.1) is 0 Å². The molecule has 0 amide bonds. The van der Waals surface area contributed by atoms with Gasteiger partial charge in [0.25, 0.3) is 0 Å². The molecule has 0 fully saturated rings. The van der Waals surface area contributed by atoms with Gasteiger partial charge in [0.2, 0.25) is 0 Å². The third-order valence-corrected chi connectivity index (χ3v) is 4.46. The van der Waals surface area contributed by atoms with Crippen LogP contribution in [0.3, 0.4) is 0 Å². The first-order valence-corrected chi connectivity index (χ1v) is 9.43. The molecular formula is C26H27N. The number of nitrogens with two attached hydrogens (primary N) is 1. The van der Waals surface area contributed by atoms with Gasteiger partial charge >= 0.3 is 0 Å². The molecule has 1 heteroatoms. The zero-order chi connectivity index (χ0) is 19.1. The van der Waals surface area contributed by atoms with Gasteiger partial charge in [0.15, 0.2) is 0 Å². The molecule has 0 aliphatic rings. The maximum Gasteiger partial charge on any atom is 0.0473 e. The quantitative estimate of drug-likeness (QED) is 0.378. The van der Waals surface area contributed by atoms with Gasteiger partial charge in [-0.2, -0.15) is 0 Å². The van der Waals surface area contributed by atoms with Crippen LogP contribution in [0.25, 0.3) is 33.4 Å². The van der Waals surface area contributed by atoms with E-state index in [0.717, 1.165) is 27.9 Å². The molecule has 0 aliphatic carbocycles. The van der Waals surface area contributed by atoms with Gasteiger partial charge < -0.3 is 5.73 Å². The molecule has 0 spiro atoms. The summed E-state index contributed by atoms with van der Waals surface area (Å²) in [5.74, 6) is 0. The van der Waals surface area contributed by atoms with Crippen molar-refractivity contribution in [2.75, 3.05) is 5.73 Å². The average molecular weight is 354 g/mol. The fourth-order valence-corrected chi connectivity index (χ4v) is 3.16. The second-order valence-electron chi connectivity index (χ2n) is 6.08. The highest BCUT2D eigenvalue weighted by Gasteiger charge is 2.12. The highest BCUT2D eigenvalue weighted by molar-refractivity contribution is 5.93. The number of hydrogen-bond acceptors (Lipinski definition) is 1. The molecule has 0 radical (unpaired) electrons. The number of hydrogen-bond donors (Lipinski definition) is 1. The van der Waals surface area contributed by atoms with Crippen molar-refractivity contribution in [3.05, 3.63) is 103 Å². The van der Waals surface area contributed by atoms with Crippen LogP contribution in [0.2, 0.25) is 0 Å². The third-order valence-electron chi connectivity index (χ3n) is 4.46. The molecule has 1 nitrogen and oxygen atoms in total. The molecule has 0 bridgehead atoms. The zero-order valence-corrected chi connectivity index (χ0v) is 15.9. The Labute approximate surface area is 163 Å². The number of anilines is 1. The maximum atomic E-state index is 6.59. The van der Waals surface area contributed by atoms with Crippen LogP contribution in [0.15, 0.2) is 103 Å². The molecule has 4 aromatic carbocycles. The largest absolute Gasteiger partial charge is 0.398 e. The van der Waals surface area contributed by atoms with E-state index in [1.54, 1.807) is 0 Å². The number of benzene rings is 4. The smallest absolute Gasteiger partial charge is 0.0473 e. The Morgan fingerprint density at radius 2 is 0.815 bits per heavy atom. The third kappa shape index (κ3) is 4.09. The molecule has 0 saturated heterocycles. The van der Waals surface area contributed by atoms with E-state index in [0.29, 0.717) is 0 Å². The summed E-state index contributed by atoms with van der Waals surface area (Å²) < 4.78 is 0. The number of nitrogen functional groups attached to an aromatic ring is 1. The van der Waals surface area contributed by atoms with Crippen molar-refractivity contribution in [1.29, 1.82) is 0 Å².